The maximum absolute atomic E-state index is 12.6. The topological polar surface area (TPSA) is 83.7 Å². The molecule has 3 rings (SSSR count). The lowest BCUT2D eigenvalue weighted by Gasteiger charge is -2.12. The summed E-state index contributed by atoms with van der Waals surface area (Å²) in [7, 11) is 4.45. The van der Waals surface area contributed by atoms with Crippen LogP contribution in [-0.4, -0.2) is 37.3 Å². The minimum absolute atomic E-state index is 0.106. The highest BCUT2D eigenvalue weighted by atomic mass is 32.1. The molecule has 124 valence electrons. The van der Waals surface area contributed by atoms with E-state index in [-0.39, 0.29) is 5.89 Å². The van der Waals surface area contributed by atoms with Crippen LogP contribution in [0.5, 0.6) is 17.2 Å². The van der Waals surface area contributed by atoms with Gasteiger partial charge in [-0.2, -0.15) is 16.3 Å². The van der Waals surface area contributed by atoms with E-state index in [0.29, 0.717) is 28.6 Å². The van der Waals surface area contributed by atoms with Crippen LogP contribution in [0.2, 0.25) is 0 Å². The Labute approximate surface area is 141 Å². The second kappa shape index (κ2) is 6.71. The van der Waals surface area contributed by atoms with Gasteiger partial charge >= 0.3 is 0 Å². The predicted octanol–water partition coefficient (Wildman–Crippen LogP) is 3.05. The Morgan fingerprint density at radius 1 is 1.12 bits per heavy atom. The number of methoxy groups -OCH3 is 3. The van der Waals surface area contributed by atoms with E-state index < -0.39 is 5.78 Å². The van der Waals surface area contributed by atoms with Gasteiger partial charge in [0.1, 0.15) is 0 Å². The fourth-order valence-corrected chi connectivity index (χ4v) is 2.79. The van der Waals surface area contributed by atoms with Crippen molar-refractivity contribution in [2.45, 2.75) is 0 Å². The SMILES string of the molecule is COc1cc(C(=O)c2nc(-c3ccsc3)no2)cc(OC)c1OC. The number of hydrogen-bond donors (Lipinski definition) is 0. The van der Waals surface area contributed by atoms with E-state index in [9.17, 15) is 4.79 Å². The molecular weight excluding hydrogens is 332 g/mol. The molecule has 7 nitrogen and oxygen atoms in total. The Morgan fingerprint density at radius 2 is 1.83 bits per heavy atom. The molecule has 2 aromatic heterocycles. The highest BCUT2D eigenvalue weighted by Gasteiger charge is 2.22. The summed E-state index contributed by atoms with van der Waals surface area (Å²) >= 11 is 1.51. The van der Waals surface area contributed by atoms with Crippen LogP contribution in [-0.2, 0) is 0 Å². The summed E-state index contributed by atoms with van der Waals surface area (Å²) in [5.74, 6) is 0.984. The van der Waals surface area contributed by atoms with E-state index in [2.05, 4.69) is 10.1 Å². The average Bonchev–Trinajstić information content (AvgIpc) is 3.30. The van der Waals surface area contributed by atoms with Gasteiger partial charge in [-0.05, 0) is 23.6 Å². The van der Waals surface area contributed by atoms with Crippen molar-refractivity contribution in [3.05, 3.63) is 40.4 Å². The van der Waals surface area contributed by atoms with Gasteiger partial charge in [-0.15, -0.1) is 0 Å². The van der Waals surface area contributed by atoms with Crippen molar-refractivity contribution in [1.29, 1.82) is 0 Å². The molecule has 0 aliphatic rings. The van der Waals surface area contributed by atoms with Crippen LogP contribution >= 0.6 is 11.3 Å². The van der Waals surface area contributed by atoms with Gasteiger partial charge in [-0.25, -0.2) is 0 Å². The number of hydrogen-bond acceptors (Lipinski definition) is 8. The van der Waals surface area contributed by atoms with E-state index in [0.717, 1.165) is 5.56 Å². The largest absolute Gasteiger partial charge is 0.493 e. The van der Waals surface area contributed by atoms with Gasteiger partial charge < -0.3 is 18.7 Å². The van der Waals surface area contributed by atoms with Crippen molar-refractivity contribution in [2.75, 3.05) is 21.3 Å². The quantitative estimate of drug-likeness (QED) is 0.634. The lowest BCUT2D eigenvalue weighted by atomic mass is 10.1. The summed E-state index contributed by atoms with van der Waals surface area (Å²) in [6, 6.07) is 4.93. The maximum atomic E-state index is 12.6. The Morgan fingerprint density at radius 3 is 2.38 bits per heavy atom. The molecule has 0 spiro atoms. The molecule has 0 amide bonds. The molecule has 0 bridgehead atoms. The highest BCUT2D eigenvalue weighted by molar-refractivity contribution is 7.08. The summed E-state index contributed by atoms with van der Waals surface area (Å²) in [4.78, 5) is 16.8. The number of thiophene rings is 1. The average molecular weight is 346 g/mol. The molecule has 0 fully saturated rings. The van der Waals surface area contributed by atoms with E-state index in [4.69, 9.17) is 18.7 Å². The standard InChI is InChI=1S/C16H14N2O5S/c1-20-11-6-10(7-12(21-2)14(11)22-3)13(19)16-17-15(18-23-16)9-4-5-24-8-9/h4-8H,1-3H3. The first-order chi connectivity index (χ1) is 11.7. The Bertz CT molecular complexity index is 832. The molecular formula is C16H14N2O5S. The normalized spacial score (nSPS) is 10.5. The number of nitrogens with zero attached hydrogens (tertiary/aromatic N) is 2. The van der Waals surface area contributed by atoms with Crippen molar-refractivity contribution in [2.24, 2.45) is 0 Å². The lowest BCUT2D eigenvalue weighted by molar-refractivity contribution is 0.0993. The van der Waals surface area contributed by atoms with Gasteiger partial charge in [0.05, 0.1) is 21.3 Å². The van der Waals surface area contributed by atoms with Gasteiger partial charge in [0.15, 0.2) is 11.5 Å². The van der Waals surface area contributed by atoms with Crippen LogP contribution in [0.1, 0.15) is 16.2 Å². The zero-order chi connectivity index (χ0) is 17.1. The molecule has 3 aromatic rings. The van der Waals surface area contributed by atoms with Crippen LogP contribution in [0.4, 0.5) is 0 Å². The monoisotopic (exact) mass is 346 g/mol. The molecule has 0 unspecified atom stereocenters. The third kappa shape index (κ3) is 2.83. The zero-order valence-corrected chi connectivity index (χ0v) is 14.0. The van der Waals surface area contributed by atoms with Crippen LogP contribution in [0.3, 0.4) is 0 Å². The van der Waals surface area contributed by atoms with E-state index >= 15 is 0 Å². The molecule has 8 heteroatoms. The third-order valence-electron chi connectivity index (χ3n) is 3.33. The second-order valence-corrected chi connectivity index (χ2v) is 5.46. The van der Waals surface area contributed by atoms with Crippen LogP contribution < -0.4 is 14.2 Å². The molecule has 24 heavy (non-hydrogen) atoms. The third-order valence-corrected chi connectivity index (χ3v) is 4.01. The molecule has 1 aromatic carbocycles. The summed E-state index contributed by atoms with van der Waals surface area (Å²) in [5, 5.41) is 7.61. The van der Waals surface area contributed by atoms with E-state index in [1.807, 2.05) is 16.8 Å². The summed E-state index contributed by atoms with van der Waals surface area (Å²) in [5.41, 5.74) is 1.10. The van der Waals surface area contributed by atoms with Gasteiger partial charge in [-0.3, -0.25) is 4.79 Å². The number of aromatic nitrogens is 2. The highest BCUT2D eigenvalue weighted by Crippen LogP contribution is 2.38. The van der Waals surface area contributed by atoms with Gasteiger partial charge in [-0.1, -0.05) is 5.16 Å². The van der Waals surface area contributed by atoms with Crippen LogP contribution in [0, 0.1) is 0 Å². The first-order valence-corrected chi connectivity index (χ1v) is 7.83. The van der Waals surface area contributed by atoms with Crippen molar-refractivity contribution in [3.63, 3.8) is 0 Å². The number of ether oxygens (including phenoxy) is 3. The fourth-order valence-electron chi connectivity index (χ4n) is 2.16. The first-order valence-electron chi connectivity index (χ1n) is 6.89. The maximum Gasteiger partial charge on any atom is 0.299 e. The number of carbonyl (C=O) groups is 1. The van der Waals surface area contributed by atoms with Crippen molar-refractivity contribution in [3.8, 4) is 28.6 Å². The van der Waals surface area contributed by atoms with E-state index in [1.54, 1.807) is 0 Å². The zero-order valence-electron chi connectivity index (χ0n) is 13.2. The molecule has 0 atom stereocenters. The molecule has 0 saturated carbocycles. The molecule has 0 N–H and O–H groups in total. The minimum Gasteiger partial charge on any atom is -0.493 e. The number of carbonyl (C=O) groups excluding carboxylic acids is 1. The van der Waals surface area contributed by atoms with Crippen molar-refractivity contribution >= 4 is 17.1 Å². The van der Waals surface area contributed by atoms with Gasteiger partial charge in [0, 0.05) is 16.5 Å². The molecule has 0 saturated heterocycles. The number of rotatable bonds is 6. The molecule has 0 radical (unpaired) electrons. The summed E-state index contributed by atoms with van der Waals surface area (Å²) in [6.45, 7) is 0. The summed E-state index contributed by atoms with van der Waals surface area (Å²) in [6.07, 6.45) is 0. The van der Waals surface area contributed by atoms with E-state index in [1.165, 1.54) is 44.8 Å². The second-order valence-electron chi connectivity index (χ2n) is 4.68. The van der Waals surface area contributed by atoms with Crippen molar-refractivity contribution < 1.29 is 23.5 Å². The van der Waals surface area contributed by atoms with Crippen molar-refractivity contribution in [1.82, 2.24) is 10.1 Å². The van der Waals surface area contributed by atoms with Gasteiger partial charge in [0.25, 0.3) is 11.7 Å². The smallest absolute Gasteiger partial charge is 0.299 e. The predicted molar refractivity (Wildman–Crippen MR) is 87.1 cm³/mol. The fraction of sp³-hybridized carbons (Fsp3) is 0.188. The lowest BCUT2D eigenvalue weighted by Crippen LogP contribution is -2.04. The Kier molecular flexibility index (Phi) is 4.48. The minimum atomic E-state index is -0.428. The Balaban J connectivity index is 1.98. The van der Waals surface area contributed by atoms with Gasteiger partial charge in [0.2, 0.25) is 11.6 Å². The summed E-state index contributed by atoms with van der Waals surface area (Å²) < 4.78 is 20.8. The molecule has 0 aliphatic carbocycles. The molecule has 2 heterocycles. The number of ketones is 1. The Hall–Kier alpha value is -2.87. The molecule has 0 aliphatic heterocycles. The number of benzene rings is 1. The van der Waals surface area contributed by atoms with Crippen LogP contribution in [0.15, 0.2) is 33.5 Å². The van der Waals surface area contributed by atoms with Crippen LogP contribution in [0.25, 0.3) is 11.4 Å². The first kappa shape index (κ1) is 16.0.